The number of piperidine rings is 1. The van der Waals surface area contributed by atoms with Gasteiger partial charge < -0.3 is 10.0 Å². The molecule has 1 atom stereocenters. The third-order valence-electron chi connectivity index (χ3n) is 6.33. The summed E-state index contributed by atoms with van der Waals surface area (Å²) in [5, 5.41) is 9.66. The number of aryl methyl sites for hydroxylation is 1. The highest BCUT2D eigenvalue weighted by molar-refractivity contribution is 5.92. The molecule has 2 fully saturated rings. The van der Waals surface area contributed by atoms with E-state index in [1.54, 1.807) is 24.5 Å². The average molecular weight is 380 g/mol. The summed E-state index contributed by atoms with van der Waals surface area (Å²) in [6.07, 6.45) is 5.18. The number of nitrogens with zero attached hydrogens (tertiary/aromatic N) is 4. The number of amides is 1. The van der Waals surface area contributed by atoms with E-state index in [4.69, 9.17) is 0 Å². The summed E-state index contributed by atoms with van der Waals surface area (Å²) in [7, 11) is 0. The Morgan fingerprint density at radius 2 is 1.82 bits per heavy atom. The molecule has 2 aliphatic rings. The fraction of sp³-hybridized carbons (Fsp3) is 0.500. The minimum Gasteiger partial charge on any atom is -0.508 e. The van der Waals surface area contributed by atoms with Crippen molar-refractivity contribution in [3.8, 4) is 5.75 Å². The van der Waals surface area contributed by atoms with Crippen molar-refractivity contribution >= 4 is 5.91 Å². The summed E-state index contributed by atoms with van der Waals surface area (Å²) < 4.78 is 0. The zero-order chi connectivity index (χ0) is 19.9. The molecule has 2 aromatic rings. The first-order chi connectivity index (χ1) is 13.4. The van der Waals surface area contributed by atoms with Gasteiger partial charge in [-0.2, -0.15) is 0 Å². The van der Waals surface area contributed by atoms with Crippen molar-refractivity contribution in [2.45, 2.75) is 45.7 Å². The van der Waals surface area contributed by atoms with Crippen LogP contribution >= 0.6 is 0 Å². The number of phenols is 1. The Morgan fingerprint density at radius 3 is 2.39 bits per heavy atom. The molecule has 2 aliphatic heterocycles. The van der Waals surface area contributed by atoms with Crippen molar-refractivity contribution in [1.82, 2.24) is 19.8 Å². The molecule has 0 saturated carbocycles. The lowest BCUT2D eigenvalue weighted by Crippen LogP contribution is -2.64. The number of aromatic hydroxyl groups is 1. The number of likely N-dealkylation sites (tertiary alicyclic amines) is 2. The minimum absolute atomic E-state index is 0.0245. The number of carbonyl (C=O) groups is 1. The van der Waals surface area contributed by atoms with Crippen LogP contribution in [0.15, 0.2) is 36.7 Å². The first-order valence-electron chi connectivity index (χ1n) is 10.0. The van der Waals surface area contributed by atoms with E-state index in [-0.39, 0.29) is 11.3 Å². The molecular formula is C22H28N4O2. The summed E-state index contributed by atoms with van der Waals surface area (Å²) in [6, 6.07) is 8.42. The number of carbonyl (C=O) groups excluding carboxylic acids is 1. The van der Waals surface area contributed by atoms with Gasteiger partial charge in [0.25, 0.3) is 5.91 Å². The Bertz CT molecular complexity index is 840. The topological polar surface area (TPSA) is 69.6 Å². The highest BCUT2D eigenvalue weighted by Gasteiger charge is 2.54. The summed E-state index contributed by atoms with van der Waals surface area (Å²) in [5.41, 5.74) is 2.68. The van der Waals surface area contributed by atoms with Crippen LogP contribution < -0.4 is 0 Å². The molecule has 0 aliphatic carbocycles. The average Bonchev–Trinajstić information content (AvgIpc) is 2.68. The first kappa shape index (κ1) is 18.9. The molecule has 0 radical (unpaired) electrons. The van der Waals surface area contributed by atoms with E-state index in [1.807, 2.05) is 24.0 Å². The third kappa shape index (κ3) is 3.26. The maximum Gasteiger partial charge on any atom is 0.274 e. The van der Waals surface area contributed by atoms with Gasteiger partial charge >= 0.3 is 0 Å². The van der Waals surface area contributed by atoms with E-state index < -0.39 is 0 Å². The summed E-state index contributed by atoms with van der Waals surface area (Å²) in [6.45, 7) is 8.88. The SMILES string of the molecule is Cc1cnc(C(=O)N2CCC3(CC2)CN(C(C)C)C3c2ccc(O)cc2)cn1. The summed E-state index contributed by atoms with van der Waals surface area (Å²) in [4.78, 5) is 25.7. The number of hydrogen-bond acceptors (Lipinski definition) is 5. The van der Waals surface area contributed by atoms with E-state index in [1.165, 1.54) is 5.56 Å². The molecule has 1 aromatic carbocycles. The van der Waals surface area contributed by atoms with Crippen molar-refractivity contribution < 1.29 is 9.90 Å². The normalized spacial score (nSPS) is 21.7. The van der Waals surface area contributed by atoms with Crippen LogP contribution in [-0.4, -0.2) is 56.5 Å². The van der Waals surface area contributed by atoms with Gasteiger partial charge in [0.15, 0.2) is 0 Å². The van der Waals surface area contributed by atoms with Crippen LogP contribution in [0.5, 0.6) is 5.75 Å². The largest absolute Gasteiger partial charge is 0.508 e. The van der Waals surface area contributed by atoms with E-state index in [2.05, 4.69) is 28.7 Å². The second kappa shape index (κ2) is 7.17. The van der Waals surface area contributed by atoms with E-state index in [9.17, 15) is 9.90 Å². The lowest BCUT2D eigenvalue weighted by Gasteiger charge is -2.62. The van der Waals surface area contributed by atoms with Gasteiger partial charge in [-0.25, -0.2) is 4.98 Å². The van der Waals surface area contributed by atoms with E-state index in [0.29, 0.717) is 23.5 Å². The van der Waals surface area contributed by atoms with Crippen LogP contribution in [0.2, 0.25) is 0 Å². The predicted molar refractivity (Wildman–Crippen MR) is 107 cm³/mol. The minimum atomic E-state index is -0.0245. The fourth-order valence-electron chi connectivity index (χ4n) is 4.71. The van der Waals surface area contributed by atoms with E-state index >= 15 is 0 Å². The van der Waals surface area contributed by atoms with Gasteiger partial charge in [-0.05, 0) is 51.3 Å². The number of hydrogen-bond donors (Lipinski definition) is 1. The van der Waals surface area contributed by atoms with Crippen molar-refractivity contribution in [2.24, 2.45) is 5.41 Å². The fourth-order valence-corrected chi connectivity index (χ4v) is 4.71. The molecule has 4 rings (SSSR count). The Hall–Kier alpha value is -2.47. The third-order valence-corrected chi connectivity index (χ3v) is 6.33. The molecule has 1 amide bonds. The van der Waals surface area contributed by atoms with Crippen LogP contribution in [0.1, 0.15) is 54.5 Å². The molecule has 148 valence electrons. The Morgan fingerprint density at radius 1 is 1.14 bits per heavy atom. The Kier molecular flexibility index (Phi) is 4.83. The molecule has 1 unspecified atom stereocenters. The van der Waals surface area contributed by atoms with Gasteiger partial charge in [-0.3, -0.25) is 14.7 Å². The van der Waals surface area contributed by atoms with Gasteiger partial charge in [0.1, 0.15) is 11.4 Å². The molecule has 6 heteroatoms. The molecular weight excluding hydrogens is 352 g/mol. The first-order valence-corrected chi connectivity index (χ1v) is 10.0. The van der Waals surface area contributed by atoms with Gasteiger partial charge in [0.05, 0.1) is 11.9 Å². The van der Waals surface area contributed by atoms with E-state index in [0.717, 1.165) is 38.2 Å². The molecule has 0 bridgehead atoms. The van der Waals surface area contributed by atoms with Gasteiger partial charge in [-0.1, -0.05) is 12.1 Å². The van der Waals surface area contributed by atoms with Crippen LogP contribution in [0, 0.1) is 12.3 Å². The Labute approximate surface area is 166 Å². The molecule has 1 N–H and O–H groups in total. The standard InChI is InChI=1S/C22H28N4O2/c1-15(2)26-14-22(20(26)17-4-6-18(27)7-5-17)8-10-25(11-9-22)21(28)19-13-23-16(3)12-24-19/h4-7,12-13,15,20,27H,8-11,14H2,1-3H3. The maximum atomic E-state index is 12.8. The molecule has 28 heavy (non-hydrogen) atoms. The van der Waals surface area contributed by atoms with Crippen molar-refractivity contribution in [3.63, 3.8) is 0 Å². The molecule has 6 nitrogen and oxygen atoms in total. The van der Waals surface area contributed by atoms with Gasteiger partial charge in [-0.15, -0.1) is 0 Å². The lowest BCUT2D eigenvalue weighted by atomic mass is 9.62. The van der Waals surface area contributed by atoms with Crippen LogP contribution in [-0.2, 0) is 0 Å². The molecule has 2 saturated heterocycles. The van der Waals surface area contributed by atoms with Crippen LogP contribution in [0.3, 0.4) is 0 Å². The molecule has 1 spiro atoms. The van der Waals surface area contributed by atoms with Crippen molar-refractivity contribution in [3.05, 3.63) is 53.6 Å². The summed E-state index contributed by atoms with van der Waals surface area (Å²) in [5.74, 6) is 0.274. The number of benzene rings is 1. The second-order valence-electron chi connectivity index (χ2n) is 8.46. The van der Waals surface area contributed by atoms with Gasteiger partial charge in [0, 0.05) is 43.3 Å². The predicted octanol–water partition coefficient (Wildman–Crippen LogP) is 3.18. The molecule has 1 aromatic heterocycles. The van der Waals surface area contributed by atoms with Crippen LogP contribution in [0.4, 0.5) is 0 Å². The number of phenolic OH excluding ortho intramolecular Hbond substituents is 1. The number of rotatable bonds is 3. The smallest absolute Gasteiger partial charge is 0.274 e. The lowest BCUT2D eigenvalue weighted by molar-refractivity contribution is -0.124. The zero-order valence-electron chi connectivity index (χ0n) is 16.8. The summed E-state index contributed by atoms with van der Waals surface area (Å²) >= 11 is 0. The zero-order valence-corrected chi connectivity index (χ0v) is 16.8. The van der Waals surface area contributed by atoms with Crippen molar-refractivity contribution in [1.29, 1.82) is 0 Å². The highest BCUT2D eigenvalue weighted by atomic mass is 16.3. The highest BCUT2D eigenvalue weighted by Crippen LogP contribution is 2.55. The van der Waals surface area contributed by atoms with Gasteiger partial charge in [0.2, 0.25) is 0 Å². The monoisotopic (exact) mass is 380 g/mol. The molecule has 3 heterocycles. The Balaban J connectivity index is 1.49. The second-order valence-corrected chi connectivity index (χ2v) is 8.46. The van der Waals surface area contributed by atoms with Crippen molar-refractivity contribution in [2.75, 3.05) is 19.6 Å². The van der Waals surface area contributed by atoms with Crippen LogP contribution in [0.25, 0.3) is 0 Å². The quantitative estimate of drug-likeness (QED) is 0.886. The number of aromatic nitrogens is 2. The maximum absolute atomic E-state index is 12.8.